The van der Waals surface area contributed by atoms with Crippen LogP contribution in [0.4, 0.5) is 0 Å². The number of hydrogen-bond donors (Lipinski definition) is 0. The summed E-state index contributed by atoms with van der Waals surface area (Å²) in [6, 6.07) is 12.3. The van der Waals surface area contributed by atoms with E-state index < -0.39 is 0 Å². The third-order valence-corrected chi connectivity index (χ3v) is 4.89. The molecule has 128 valence electrons. The zero-order valence-electron chi connectivity index (χ0n) is 14.1. The summed E-state index contributed by atoms with van der Waals surface area (Å²) in [7, 11) is 0. The maximum absolute atomic E-state index is 5.69. The molecule has 1 aromatic carbocycles. The molecule has 5 nitrogen and oxygen atoms in total. The summed E-state index contributed by atoms with van der Waals surface area (Å²) >= 11 is 1.55. The predicted molar refractivity (Wildman–Crippen MR) is 99.4 cm³/mol. The van der Waals surface area contributed by atoms with Gasteiger partial charge in [-0.05, 0) is 37.3 Å². The van der Waals surface area contributed by atoms with Crippen LogP contribution in [0.15, 0.2) is 53.9 Å². The van der Waals surface area contributed by atoms with E-state index in [0.717, 1.165) is 53.7 Å². The molecule has 1 fully saturated rings. The van der Waals surface area contributed by atoms with Crippen molar-refractivity contribution >= 4 is 11.8 Å². The molecule has 0 unspecified atom stereocenters. The van der Waals surface area contributed by atoms with E-state index in [2.05, 4.69) is 34.2 Å². The largest absolute Gasteiger partial charge is 0.376 e. The van der Waals surface area contributed by atoms with E-state index in [0.29, 0.717) is 6.10 Å². The molecule has 0 spiro atoms. The van der Waals surface area contributed by atoms with Crippen LogP contribution in [0.25, 0.3) is 22.5 Å². The van der Waals surface area contributed by atoms with Gasteiger partial charge in [0, 0.05) is 30.1 Å². The van der Waals surface area contributed by atoms with Crippen LogP contribution in [0.3, 0.4) is 0 Å². The van der Waals surface area contributed by atoms with E-state index in [1.54, 1.807) is 18.0 Å². The Labute approximate surface area is 151 Å². The lowest BCUT2D eigenvalue weighted by Crippen LogP contribution is -2.15. The van der Waals surface area contributed by atoms with Crippen LogP contribution in [0.2, 0.25) is 0 Å². The average Bonchev–Trinajstić information content (AvgIpc) is 3.34. The second kappa shape index (κ2) is 7.37. The fraction of sp³-hybridized carbons (Fsp3) is 0.316. The van der Waals surface area contributed by atoms with Crippen LogP contribution in [-0.4, -0.2) is 38.7 Å². The molecule has 0 amide bonds. The van der Waals surface area contributed by atoms with E-state index in [-0.39, 0.29) is 0 Å². The second-order valence-corrected chi connectivity index (χ2v) is 6.84. The molecule has 0 radical (unpaired) electrons. The number of ether oxygens (including phenoxy) is 1. The summed E-state index contributed by atoms with van der Waals surface area (Å²) in [5.74, 6) is 0. The maximum Gasteiger partial charge on any atom is 0.187 e. The first kappa shape index (κ1) is 16.3. The molecule has 0 N–H and O–H groups in total. The van der Waals surface area contributed by atoms with Gasteiger partial charge in [-0.3, -0.25) is 4.68 Å². The maximum atomic E-state index is 5.69. The van der Waals surface area contributed by atoms with Gasteiger partial charge in [0.2, 0.25) is 0 Å². The smallest absolute Gasteiger partial charge is 0.187 e. The number of hydrogen-bond acceptors (Lipinski definition) is 5. The van der Waals surface area contributed by atoms with Gasteiger partial charge in [0.15, 0.2) is 5.16 Å². The highest BCUT2D eigenvalue weighted by Gasteiger charge is 2.16. The summed E-state index contributed by atoms with van der Waals surface area (Å²) < 4.78 is 7.67. The Morgan fingerprint density at radius 1 is 1.20 bits per heavy atom. The molecule has 6 heteroatoms. The molecular formula is C19H20N4OS. The standard InChI is InChI=1S/C19H20N4OS/c1-25-19-20-9-7-17(21-19)14-4-2-5-15(12-14)18-8-10-23(22-18)13-16-6-3-11-24-16/h2,4-5,7-10,12,16H,3,6,11,13H2,1H3/t16-/m1/s1. The van der Waals surface area contributed by atoms with E-state index in [4.69, 9.17) is 9.84 Å². The van der Waals surface area contributed by atoms with Gasteiger partial charge in [-0.15, -0.1) is 0 Å². The van der Waals surface area contributed by atoms with Crippen LogP contribution in [0.5, 0.6) is 0 Å². The Bertz CT molecular complexity index is 858. The molecular weight excluding hydrogens is 332 g/mol. The van der Waals surface area contributed by atoms with Gasteiger partial charge in [-0.2, -0.15) is 5.10 Å². The Hall–Kier alpha value is -2.18. The zero-order chi connectivity index (χ0) is 17.1. The van der Waals surface area contributed by atoms with Gasteiger partial charge in [0.1, 0.15) is 0 Å². The monoisotopic (exact) mass is 352 g/mol. The van der Waals surface area contributed by atoms with Crippen molar-refractivity contribution in [3.8, 4) is 22.5 Å². The highest BCUT2D eigenvalue weighted by atomic mass is 32.2. The Morgan fingerprint density at radius 3 is 2.88 bits per heavy atom. The van der Waals surface area contributed by atoms with Crippen molar-refractivity contribution in [1.82, 2.24) is 19.7 Å². The van der Waals surface area contributed by atoms with E-state index >= 15 is 0 Å². The topological polar surface area (TPSA) is 52.8 Å². The van der Waals surface area contributed by atoms with Gasteiger partial charge < -0.3 is 4.74 Å². The van der Waals surface area contributed by atoms with Gasteiger partial charge in [-0.1, -0.05) is 30.0 Å². The molecule has 0 aliphatic carbocycles. The molecule has 0 saturated carbocycles. The van der Waals surface area contributed by atoms with Crippen molar-refractivity contribution in [3.05, 3.63) is 48.8 Å². The Morgan fingerprint density at radius 2 is 2.08 bits per heavy atom. The Balaban J connectivity index is 1.57. The lowest BCUT2D eigenvalue weighted by Gasteiger charge is -2.08. The van der Waals surface area contributed by atoms with Crippen molar-refractivity contribution in [3.63, 3.8) is 0 Å². The van der Waals surface area contributed by atoms with Gasteiger partial charge in [-0.25, -0.2) is 9.97 Å². The number of nitrogens with zero attached hydrogens (tertiary/aromatic N) is 4. The third-order valence-electron chi connectivity index (χ3n) is 4.33. The minimum atomic E-state index is 0.296. The molecule has 1 atom stereocenters. The van der Waals surface area contributed by atoms with Gasteiger partial charge in [0.25, 0.3) is 0 Å². The molecule has 25 heavy (non-hydrogen) atoms. The molecule has 3 aromatic rings. The highest BCUT2D eigenvalue weighted by molar-refractivity contribution is 7.98. The summed E-state index contributed by atoms with van der Waals surface area (Å²) in [6.07, 6.45) is 8.38. The van der Waals surface area contributed by atoms with Crippen LogP contribution in [0.1, 0.15) is 12.8 Å². The summed E-state index contributed by atoms with van der Waals surface area (Å²) in [5.41, 5.74) is 4.07. The van der Waals surface area contributed by atoms with Crippen LogP contribution in [0, 0.1) is 0 Å². The average molecular weight is 352 g/mol. The Kier molecular flexibility index (Phi) is 4.81. The molecule has 1 aliphatic heterocycles. The minimum absolute atomic E-state index is 0.296. The van der Waals surface area contributed by atoms with Crippen LogP contribution in [-0.2, 0) is 11.3 Å². The molecule has 1 aliphatic rings. The first-order valence-electron chi connectivity index (χ1n) is 8.45. The summed E-state index contributed by atoms with van der Waals surface area (Å²) in [6.45, 7) is 1.69. The van der Waals surface area contributed by atoms with Gasteiger partial charge in [0.05, 0.1) is 24.0 Å². The van der Waals surface area contributed by atoms with Crippen molar-refractivity contribution < 1.29 is 4.74 Å². The van der Waals surface area contributed by atoms with E-state index in [1.165, 1.54) is 0 Å². The normalized spacial score (nSPS) is 17.1. The molecule has 4 rings (SSSR count). The van der Waals surface area contributed by atoms with Crippen molar-refractivity contribution in [2.75, 3.05) is 12.9 Å². The van der Waals surface area contributed by atoms with Crippen LogP contribution >= 0.6 is 11.8 Å². The van der Waals surface area contributed by atoms with E-state index in [1.807, 2.05) is 29.3 Å². The van der Waals surface area contributed by atoms with Crippen LogP contribution < -0.4 is 0 Å². The third kappa shape index (κ3) is 3.75. The molecule has 3 heterocycles. The number of thioether (sulfide) groups is 1. The van der Waals surface area contributed by atoms with Crippen molar-refractivity contribution in [2.45, 2.75) is 30.6 Å². The SMILES string of the molecule is CSc1nccc(-c2cccc(-c3ccn(C[C@H]4CCCO4)n3)c2)n1. The first-order chi connectivity index (χ1) is 12.3. The summed E-state index contributed by atoms with van der Waals surface area (Å²) in [4.78, 5) is 8.82. The fourth-order valence-corrected chi connectivity index (χ4v) is 3.41. The molecule has 2 aromatic heterocycles. The van der Waals surface area contributed by atoms with Crippen molar-refractivity contribution in [1.29, 1.82) is 0 Å². The van der Waals surface area contributed by atoms with E-state index in [9.17, 15) is 0 Å². The first-order valence-corrected chi connectivity index (χ1v) is 9.67. The quantitative estimate of drug-likeness (QED) is 0.515. The number of aromatic nitrogens is 4. The summed E-state index contributed by atoms with van der Waals surface area (Å²) in [5, 5.41) is 5.49. The molecule has 1 saturated heterocycles. The number of rotatable bonds is 5. The zero-order valence-corrected chi connectivity index (χ0v) is 14.9. The highest BCUT2D eigenvalue weighted by Crippen LogP contribution is 2.25. The van der Waals surface area contributed by atoms with Crippen molar-refractivity contribution in [2.24, 2.45) is 0 Å². The molecule has 0 bridgehead atoms. The fourth-order valence-electron chi connectivity index (χ4n) is 3.05. The second-order valence-electron chi connectivity index (χ2n) is 6.07. The lowest BCUT2D eigenvalue weighted by atomic mass is 10.1. The minimum Gasteiger partial charge on any atom is -0.376 e. The van der Waals surface area contributed by atoms with Gasteiger partial charge >= 0.3 is 0 Å². The lowest BCUT2D eigenvalue weighted by molar-refractivity contribution is 0.0940. The number of benzene rings is 1. The predicted octanol–water partition coefficient (Wildman–Crippen LogP) is 3.91.